The van der Waals surface area contributed by atoms with Crippen LogP contribution in [0.1, 0.15) is 21.6 Å². The molecule has 0 saturated carbocycles. The lowest BCUT2D eigenvalue weighted by molar-refractivity contribution is 0.102. The lowest BCUT2D eigenvalue weighted by Crippen LogP contribution is -2.14. The monoisotopic (exact) mass is 329 g/mol. The molecule has 0 aliphatic heterocycles. The normalized spacial score (nSPS) is 9.92. The van der Waals surface area contributed by atoms with Crippen LogP contribution in [0.15, 0.2) is 60.9 Å². The maximum Gasteiger partial charge on any atom is 0.274 e. The van der Waals surface area contributed by atoms with E-state index in [1.54, 1.807) is 30.3 Å². The Morgan fingerprint density at radius 2 is 1.84 bits per heavy atom. The van der Waals surface area contributed by atoms with Gasteiger partial charge in [0.2, 0.25) is 0 Å². The number of anilines is 3. The van der Waals surface area contributed by atoms with Gasteiger partial charge in [-0.05, 0) is 42.8 Å². The number of rotatable bonds is 4. The maximum atomic E-state index is 12.3. The SMILES string of the molecule is Cc1ccccc1Nc1cc(C(=O)Nc2ccc(C#N)cc2)ncn1. The largest absolute Gasteiger partial charge is 0.340 e. The Labute approximate surface area is 145 Å². The Hall–Kier alpha value is -3.72. The average Bonchev–Trinajstić information content (AvgIpc) is 2.64. The van der Waals surface area contributed by atoms with Gasteiger partial charge < -0.3 is 10.6 Å². The van der Waals surface area contributed by atoms with Crippen molar-refractivity contribution in [1.82, 2.24) is 9.97 Å². The highest BCUT2D eigenvalue weighted by atomic mass is 16.1. The van der Waals surface area contributed by atoms with Crippen LogP contribution in [0.5, 0.6) is 0 Å². The van der Waals surface area contributed by atoms with E-state index in [1.165, 1.54) is 6.33 Å². The fraction of sp³-hybridized carbons (Fsp3) is 0.0526. The van der Waals surface area contributed by atoms with Crippen LogP contribution in [-0.4, -0.2) is 15.9 Å². The second kappa shape index (κ2) is 7.23. The number of aromatic nitrogens is 2. The minimum absolute atomic E-state index is 0.246. The second-order valence-electron chi connectivity index (χ2n) is 5.37. The zero-order chi connectivity index (χ0) is 17.6. The van der Waals surface area contributed by atoms with Gasteiger partial charge in [0.05, 0.1) is 11.6 Å². The van der Waals surface area contributed by atoms with Gasteiger partial charge in [-0.15, -0.1) is 0 Å². The molecule has 0 bridgehead atoms. The second-order valence-corrected chi connectivity index (χ2v) is 5.37. The smallest absolute Gasteiger partial charge is 0.274 e. The van der Waals surface area contributed by atoms with Crippen LogP contribution >= 0.6 is 0 Å². The summed E-state index contributed by atoms with van der Waals surface area (Å²) in [4.78, 5) is 20.5. The van der Waals surface area contributed by atoms with Crippen molar-refractivity contribution in [2.45, 2.75) is 6.92 Å². The Morgan fingerprint density at radius 3 is 2.56 bits per heavy atom. The number of benzene rings is 2. The summed E-state index contributed by atoms with van der Waals surface area (Å²) in [7, 11) is 0. The standard InChI is InChI=1S/C19H15N5O/c1-13-4-2-3-5-16(13)24-18-10-17(21-12-22-18)19(25)23-15-8-6-14(11-20)7-9-15/h2-10,12H,1H3,(H,23,25)(H,21,22,24). The molecule has 0 spiro atoms. The first-order chi connectivity index (χ1) is 12.2. The molecule has 3 rings (SSSR count). The van der Waals surface area contributed by atoms with E-state index in [1.807, 2.05) is 37.3 Å². The molecule has 25 heavy (non-hydrogen) atoms. The predicted octanol–water partition coefficient (Wildman–Crippen LogP) is 3.65. The number of hydrogen-bond acceptors (Lipinski definition) is 5. The van der Waals surface area contributed by atoms with Gasteiger partial charge in [-0.3, -0.25) is 4.79 Å². The zero-order valence-electron chi connectivity index (χ0n) is 13.5. The molecule has 0 aliphatic carbocycles. The summed E-state index contributed by atoms with van der Waals surface area (Å²) in [5.74, 6) is 0.189. The van der Waals surface area contributed by atoms with E-state index in [-0.39, 0.29) is 11.6 Å². The molecule has 3 aromatic rings. The van der Waals surface area contributed by atoms with Crippen LogP contribution < -0.4 is 10.6 Å². The molecular weight excluding hydrogens is 314 g/mol. The zero-order valence-corrected chi connectivity index (χ0v) is 13.5. The van der Waals surface area contributed by atoms with Crippen molar-refractivity contribution in [1.29, 1.82) is 5.26 Å². The minimum atomic E-state index is -0.347. The van der Waals surface area contributed by atoms with Crippen molar-refractivity contribution in [2.24, 2.45) is 0 Å². The maximum absolute atomic E-state index is 12.3. The van der Waals surface area contributed by atoms with Crippen LogP contribution in [0, 0.1) is 18.3 Å². The van der Waals surface area contributed by atoms with Gasteiger partial charge in [0, 0.05) is 17.4 Å². The molecular formula is C19H15N5O. The van der Waals surface area contributed by atoms with Crippen molar-refractivity contribution in [3.63, 3.8) is 0 Å². The molecule has 0 unspecified atom stereocenters. The average molecular weight is 329 g/mol. The molecule has 0 atom stereocenters. The van der Waals surface area contributed by atoms with Crippen LogP contribution in [0.4, 0.5) is 17.2 Å². The van der Waals surface area contributed by atoms with Gasteiger partial charge in [-0.2, -0.15) is 5.26 Å². The molecule has 6 heteroatoms. The third-order valence-electron chi connectivity index (χ3n) is 3.58. The third kappa shape index (κ3) is 3.98. The predicted molar refractivity (Wildman–Crippen MR) is 95.6 cm³/mol. The Kier molecular flexibility index (Phi) is 4.67. The van der Waals surface area contributed by atoms with Gasteiger partial charge in [0.25, 0.3) is 5.91 Å². The first kappa shape index (κ1) is 16.1. The van der Waals surface area contributed by atoms with Crippen molar-refractivity contribution >= 4 is 23.1 Å². The van der Waals surface area contributed by atoms with E-state index < -0.39 is 0 Å². The van der Waals surface area contributed by atoms with Crippen LogP contribution in [0.2, 0.25) is 0 Å². The quantitative estimate of drug-likeness (QED) is 0.762. The number of aryl methyl sites for hydroxylation is 1. The van der Waals surface area contributed by atoms with Crippen molar-refractivity contribution < 1.29 is 4.79 Å². The van der Waals surface area contributed by atoms with Gasteiger partial charge >= 0.3 is 0 Å². The van der Waals surface area contributed by atoms with Crippen molar-refractivity contribution in [2.75, 3.05) is 10.6 Å². The molecule has 2 N–H and O–H groups in total. The lowest BCUT2D eigenvalue weighted by atomic mass is 10.2. The topological polar surface area (TPSA) is 90.7 Å². The summed E-state index contributed by atoms with van der Waals surface area (Å²) in [5, 5.41) is 14.7. The molecule has 1 amide bonds. The summed E-state index contributed by atoms with van der Waals surface area (Å²) < 4.78 is 0. The fourth-order valence-electron chi connectivity index (χ4n) is 2.22. The molecule has 0 fully saturated rings. The number of nitriles is 1. The summed E-state index contributed by atoms with van der Waals surface area (Å²) in [6.45, 7) is 1.99. The van der Waals surface area contributed by atoms with E-state index >= 15 is 0 Å². The molecule has 0 radical (unpaired) electrons. The molecule has 6 nitrogen and oxygen atoms in total. The summed E-state index contributed by atoms with van der Waals surface area (Å²) in [5.41, 5.74) is 3.36. The molecule has 0 aliphatic rings. The number of nitrogens with zero attached hydrogens (tertiary/aromatic N) is 3. The molecule has 1 heterocycles. The summed E-state index contributed by atoms with van der Waals surface area (Å²) >= 11 is 0. The first-order valence-corrected chi connectivity index (χ1v) is 7.62. The molecule has 1 aromatic heterocycles. The van der Waals surface area contributed by atoms with E-state index in [9.17, 15) is 4.79 Å². The number of para-hydroxylation sites is 1. The third-order valence-corrected chi connectivity index (χ3v) is 3.58. The number of nitrogens with one attached hydrogen (secondary N) is 2. The summed E-state index contributed by atoms with van der Waals surface area (Å²) in [6.07, 6.45) is 1.34. The molecule has 2 aromatic carbocycles. The van der Waals surface area contributed by atoms with E-state index in [0.29, 0.717) is 17.1 Å². The Balaban J connectivity index is 1.75. The van der Waals surface area contributed by atoms with Gasteiger partial charge in [-0.25, -0.2) is 9.97 Å². The van der Waals surface area contributed by atoms with Crippen molar-refractivity contribution in [3.8, 4) is 6.07 Å². The first-order valence-electron chi connectivity index (χ1n) is 7.62. The summed E-state index contributed by atoms with van der Waals surface area (Å²) in [6, 6.07) is 18.0. The lowest BCUT2D eigenvalue weighted by Gasteiger charge is -2.09. The van der Waals surface area contributed by atoms with Crippen LogP contribution in [-0.2, 0) is 0 Å². The molecule has 0 saturated heterocycles. The number of hydrogen-bond donors (Lipinski definition) is 2. The van der Waals surface area contributed by atoms with Crippen LogP contribution in [0.3, 0.4) is 0 Å². The number of carbonyl (C=O) groups is 1. The molecule has 122 valence electrons. The van der Waals surface area contributed by atoms with Gasteiger partial charge in [0.15, 0.2) is 0 Å². The minimum Gasteiger partial charge on any atom is -0.340 e. The van der Waals surface area contributed by atoms with E-state index in [4.69, 9.17) is 5.26 Å². The van der Waals surface area contributed by atoms with Gasteiger partial charge in [-0.1, -0.05) is 18.2 Å². The van der Waals surface area contributed by atoms with E-state index in [2.05, 4.69) is 20.6 Å². The van der Waals surface area contributed by atoms with Gasteiger partial charge in [0.1, 0.15) is 17.8 Å². The Morgan fingerprint density at radius 1 is 1.08 bits per heavy atom. The highest BCUT2D eigenvalue weighted by Crippen LogP contribution is 2.19. The highest BCUT2D eigenvalue weighted by Gasteiger charge is 2.10. The van der Waals surface area contributed by atoms with Crippen molar-refractivity contribution in [3.05, 3.63) is 77.7 Å². The van der Waals surface area contributed by atoms with E-state index in [0.717, 1.165) is 11.3 Å². The Bertz CT molecular complexity index is 945. The number of carbonyl (C=O) groups excluding carboxylic acids is 1. The number of amides is 1. The fourth-order valence-corrected chi connectivity index (χ4v) is 2.22. The highest BCUT2D eigenvalue weighted by molar-refractivity contribution is 6.03. The van der Waals surface area contributed by atoms with Crippen LogP contribution in [0.25, 0.3) is 0 Å².